The van der Waals surface area contributed by atoms with Crippen molar-refractivity contribution in [2.45, 2.75) is 6.18 Å². The van der Waals surface area contributed by atoms with E-state index in [9.17, 15) is 26.8 Å². The summed E-state index contributed by atoms with van der Waals surface area (Å²) in [6.07, 6.45) is -4.82. The predicted octanol–water partition coefficient (Wildman–Crippen LogP) is 2.84. The van der Waals surface area contributed by atoms with E-state index in [4.69, 9.17) is 0 Å². The van der Waals surface area contributed by atoms with Gasteiger partial charge in [0.25, 0.3) is 0 Å². The molecule has 0 aromatic rings. The topological polar surface area (TPSA) is 22.0 Å². The molecule has 0 fully saturated rings. The first kappa shape index (κ1) is 11.6. The average Bonchev–Trinajstić information content (AvgIpc) is 2.22. The fourth-order valence-corrected chi connectivity index (χ4v) is 1.50. The summed E-state index contributed by atoms with van der Waals surface area (Å²) in [7, 11) is 0. The van der Waals surface area contributed by atoms with Gasteiger partial charge in [-0.25, -0.2) is 0 Å². The molecule has 1 aliphatic heterocycles. The Kier molecular flexibility index (Phi) is 2.41. The van der Waals surface area contributed by atoms with E-state index >= 15 is 0 Å². The maximum absolute atomic E-state index is 13.2. The molecule has 1 heterocycles. The van der Waals surface area contributed by atoms with Crippen LogP contribution in [0.2, 0.25) is 0 Å². The lowest BCUT2D eigenvalue weighted by molar-refractivity contribution is -0.137. The number of benzene rings is 1. The van der Waals surface area contributed by atoms with Crippen LogP contribution in [-0.4, -0.2) is 4.79 Å². The molecule has 0 spiro atoms. The van der Waals surface area contributed by atoms with Crippen LogP contribution in [0.1, 0.15) is 5.56 Å². The SMILES string of the molecule is O=c1ccc2c(C(F)(F)F)cc(F)n(F)c-2c1. The highest BCUT2D eigenvalue weighted by atomic mass is 19.4. The van der Waals surface area contributed by atoms with Gasteiger partial charge in [0.2, 0.25) is 5.95 Å². The molecule has 90 valence electrons. The molecule has 0 radical (unpaired) electrons. The third-order valence-corrected chi connectivity index (χ3v) is 2.23. The van der Waals surface area contributed by atoms with Crippen LogP contribution in [0.5, 0.6) is 0 Å². The Hall–Kier alpha value is -1.92. The molecule has 2 aliphatic rings. The van der Waals surface area contributed by atoms with E-state index in [-0.39, 0.29) is 6.07 Å². The van der Waals surface area contributed by atoms with Crippen molar-refractivity contribution in [3.05, 3.63) is 46.0 Å². The normalized spacial score (nSPS) is 12.1. The molecule has 0 unspecified atom stereocenters. The fraction of sp³-hybridized carbons (Fsp3) is 0.100. The van der Waals surface area contributed by atoms with Gasteiger partial charge in [-0.2, -0.15) is 22.4 Å². The molecule has 2 rings (SSSR count). The molecule has 0 atom stereocenters. The van der Waals surface area contributed by atoms with Crippen molar-refractivity contribution in [2.24, 2.45) is 0 Å². The third-order valence-electron chi connectivity index (χ3n) is 2.23. The number of pyridine rings is 1. The van der Waals surface area contributed by atoms with E-state index in [1.165, 1.54) is 0 Å². The molecular weight excluding hydrogens is 245 g/mol. The number of alkyl halides is 3. The molecule has 0 saturated carbocycles. The first-order valence-electron chi connectivity index (χ1n) is 4.39. The van der Waals surface area contributed by atoms with E-state index in [0.29, 0.717) is 6.07 Å². The molecule has 2 nitrogen and oxygen atoms in total. The summed E-state index contributed by atoms with van der Waals surface area (Å²) in [5, 5.41) is 0. The Bertz CT molecular complexity index is 601. The molecular formula is C10H4F5NO. The standard InChI is InChI=1S/C10H4F5NO/c11-9-4-7(10(12,13)14)6-2-1-5(17)3-8(6)16(9)15/h1-4H. The second kappa shape index (κ2) is 3.54. The number of halogens is 5. The van der Waals surface area contributed by atoms with Gasteiger partial charge < -0.3 is 0 Å². The highest BCUT2D eigenvalue weighted by Crippen LogP contribution is 2.38. The monoisotopic (exact) mass is 249 g/mol. The van der Waals surface area contributed by atoms with Crippen molar-refractivity contribution in [2.75, 3.05) is 0 Å². The lowest BCUT2D eigenvalue weighted by Gasteiger charge is -2.16. The molecule has 17 heavy (non-hydrogen) atoms. The summed E-state index contributed by atoms with van der Waals surface area (Å²) in [6.45, 7) is 0. The van der Waals surface area contributed by atoms with Crippen LogP contribution < -0.4 is 5.43 Å². The van der Waals surface area contributed by atoms with Gasteiger partial charge in [-0.05, 0) is 12.1 Å². The Morgan fingerprint density at radius 3 is 2.35 bits per heavy atom. The molecule has 7 heteroatoms. The second-order valence-electron chi connectivity index (χ2n) is 3.34. The number of nitrogens with zero attached hydrogens (tertiary/aromatic N) is 1. The van der Waals surface area contributed by atoms with Gasteiger partial charge in [0.1, 0.15) is 0 Å². The van der Waals surface area contributed by atoms with Crippen LogP contribution in [0.4, 0.5) is 22.0 Å². The molecule has 1 aliphatic carbocycles. The van der Waals surface area contributed by atoms with E-state index in [2.05, 4.69) is 0 Å². The van der Waals surface area contributed by atoms with Crippen LogP contribution in [0.3, 0.4) is 0 Å². The molecule has 0 aromatic heterocycles. The van der Waals surface area contributed by atoms with Gasteiger partial charge in [-0.1, -0.05) is 4.48 Å². The zero-order valence-corrected chi connectivity index (χ0v) is 8.05. The molecule has 0 amide bonds. The highest BCUT2D eigenvalue weighted by molar-refractivity contribution is 5.66. The minimum absolute atomic E-state index is 0.0484. The van der Waals surface area contributed by atoms with Gasteiger partial charge in [0.15, 0.2) is 5.43 Å². The van der Waals surface area contributed by atoms with Gasteiger partial charge >= 0.3 is 6.18 Å². The minimum atomic E-state index is -4.82. The van der Waals surface area contributed by atoms with Gasteiger partial charge in [-0.15, -0.1) is 0 Å². The smallest absolute Gasteiger partial charge is 0.290 e. The first-order valence-corrected chi connectivity index (χ1v) is 4.39. The summed E-state index contributed by atoms with van der Waals surface area (Å²) in [5.41, 5.74) is -3.34. The largest absolute Gasteiger partial charge is 0.417 e. The van der Waals surface area contributed by atoms with Crippen LogP contribution in [0.15, 0.2) is 29.1 Å². The van der Waals surface area contributed by atoms with Crippen molar-refractivity contribution in [1.29, 1.82) is 0 Å². The maximum atomic E-state index is 13.2. The van der Waals surface area contributed by atoms with Crippen LogP contribution >= 0.6 is 0 Å². The molecule has 0 saturated heterocycles. The summed E-state index contributed by atoms with van der Waals surface area (Å²) in [6, 6.07) is 2.33. The highest BCUT2D eigenvalue weighted by Gasteiger charge is 2.36. The molecule has 0 N–H and O–H groups in total. The Morgan fingerprint density at radius 2 is 1.76 bits per heavy atom. The van der Waals surface area contributed by atoms with Gasteiger partial charge in [0.05, 0.1) is 11.3 Å². The van der Waals surface area contributed by atoms with Crippen molar-refractivity contribution < 1.29 is 22.0 Å². The van der Waals surface area contributed by atoms with Crippen LogP contribution in [0, 0.1) is 5.95 Å². The minimum Gasteiger partial charge on any atom is -0.290 e. The van der Waals surface area contributed by atoms with Crippen LogP contribution in [-0.2, 0) is 6.18 Å². The Balaban J connectivity index is 2.90. The number of hydrogen-bond acceptors (Lipinski definition) is 1. The van der Waals surface area contributed by atoms with E-state index < -0.39 is 39.2 Å². The number of rotatable bonds is 0. The lowest BCUT2D eigenvalue weighted by atomic mass is 10.0. The van der Waals surface area contributed by atoms with Crippen LogP contribution in [0.25, 0.3) is 11.3 Å². The average molecular weight is 249 g/mol. The Labute approximate surface area is 91.2 Å². The van der Waals surface area contributed by atoms with E-state index in [0.717, 1.165) is 12.1 Å². The maximum Gasteiger partial charge on any atom is 0.417 e. The number of hydrogen-bond donors (Lipinski definition) is 0. The predicted molar refractivity (Wildman–Crippen MR) is 48.8 cm³/mol. The van der Waals surface area contributed by atoms with Crippen molar-refractivity contribution in [3.8, 4) is 11.3 Å². The first-order chi connectivity index (χ1) is 7.80. The summed E-state index contributed by atoms with van der Waals surface area (Å²) in [4.78, 5) is 10.3. The quantitative estimate of drug-likeness (QED) is 0.519. The number of fused-ring (bicyclic) bond motifs is 1. The lowest BCUT2D eigenvalue weighted by Crippen LogP contribution is -2.14. The van der Waals surface area contributed by atoms with Crippen molar-refractivity contribution in [1.82, 2.24) is 4.79 Å². The zero-order chi connectivity index (χ0) is 12.8. The van der Waals surface area contributed by atoms with Crippen molar-refractivity contribution >= 4 is 0 Å². The Morgan fingerprint density at radius 1 is 1.12 bits per heavy atom. The summed E-state index contributed by atoms with van der Waals surface area (Å²) < 4.78 is 63.8. The zero-order valence-electron chi connectivity index (χ0n) is 8.05. The van der Waals surface area contributed by atoms with Gasteiger partial charge in [-0.3, -0.25) is 4.79 Å². The third kappa shape index (κ3) is 1.88. The summed E-state index contributed by atoms with van der Waals surface area (Å²) in [5.74, 6) is -1.71. The number of aromatic nitrogens is 1. The van der Waals surface area contributed by atoms with Crippen molar-refractivity contribution in [3.63, 3.8) is 0 Å². The van der Waals surface area contributed by atoms with E-state index in [1.807, 2.05) is 0 Å². The van der Waals surface area contributed by atoms with Gasteiger partial charge in [0, 0.05) is 17.7 Å². The molecule has 0 bridgehead atoms. The summed E-state index contributed by atoms with van der Waals surface area (Å²) >= 11 is 0. The fourth-order valence-electron chi connectivity index (χ4n) is 1.50. The van der Waals surface area contributed by atoms with E-state index in [1.54, 1.807) is 0 Å². The molecule has 0 aromatic carbocycles. The second-order valence-corrected chi connectivity index (χ2v) is 3.34.